The third kappa shape index (κ3) is 2.84. The fraction of sp³-hybridized carbons (Fsp3) is 0.412. The van der Waals surface area contributed by atoms with Crippen LogP contribution in [0.1, 0.15) is 31.7 Å². The van der Waals surface area contributed by atoms with Crippen molar-refractivity contribution < 1.29 is 0 Å². The molecule has 0 radical (unpaired) electrons. The molecule has 1 aliphatic carbocycles. The molecule has 1 aromatic heterocycles. The third-order valence-electron chi connectivity index (χ3n) is 4.02. The average molecular weight is 282 g/mol. The van der Waals surface area contributed by atoms with Gasteiger partial charge in [-0.2, -0.15) is 0 Å². The van der Waals surface area contributed by atoms with Gasteiger partial charge >= 0.3 is 0 Å². The van der Waals surface area contributed by atoms with Gasteiger partial charge in [-0.25, -0.2) is 0 Å². The molecular formula is C17H22N4. The van der Waals surface area contributed by atoms with E-state index in [0.29, 0.717) is 0 Å². The van der Waals surface area contributed by atoms with Crippen LogP contribution in [0.15, 0.2) is 30.5 Å². The molecule has 4 heteroatoms. The molecule has 2 aromatic rings. The van der Waals surface area contributed by atoms with Gasteiger partial charge in [-0.3, -0.25) is 10.4 Å². The van der Waals surface area contributed by atoms with Crippen molar-refractivity contribution in [3.8, 4) is 0 Å². The van der Waals surface area contributed by atoms with Crippen LogP contribution in [0.3, 0.4) is 0 Å². The Kier molecular flexibility index (Phi) is 3.78. The normalized spacial score (nSPS) is 14.3. The number of nitrogens with two attached hydrogens (primary N) is 1. The molecule has 110 valence electrons. The number of aromatic nitrogens is 1. The number of fused-ring (bicyclic) bond motifs is 1. The molecule has 1 fully saturated rings. The molecule has 0 spiro atoms. The van der Waals surface area contributed by atoms with Crippen LogP contribution in [0.25, 0.3) is 10.9 Å². The zero-order valence-corrected chi connectivity index (χ0v) is 12.5. The largest absolute Gasteiger partial charge is 0.384 e. The zero-order valence-electron chi connectivity index (χ0n) is 12.5. The Morgan fingerprint density at radius 3 is 2.81 bits per heavy atom. The molecule has 1 saturated carbocycles. The molecule has 1 aromatic carbocycles. The standard InChI is InChI=1S/C17H22N4/c1-2-9-21(11-12-7-8-12)16-13-5-3-4-6-15(13)20-10-14(16)17(18)19/h3-6,10,12H,2,7-9,11H2,1H3,(H3,18,19). The summed E-state index contributed by atoms with van der Waals surface area (Å²) in [6.07, 6.45) is 5.47. The third-order valence-corrected chi connectivity index (χ3v) is 4.02. The lowest BCUT2D eigenvalue weighted by atomic mass is 10.1. The summed E-state index contributed by atoms with van der Waals surface area (Å²) in [7, 11) is 0. The molecule has 4 nitrogen and oxygen atoms in total. The summed E-state index contributed by atoms with van der Waals surface area (Å²) in [5, 5.41) is 8.98. The maximum absolute atomic E-state index is 7.89. The van der Waals surface area contributed by atoms with Crippen LogP contribution in [0.4, 0.5) is 5.69 Å². The fourth-order valence-electron chi connectivity index (χ4n) is 2.84. The van der Waals surface area contributed by atoms with E-state index in [9.17, 15) is 0 Å². The minimum Gasteiger partial charge on any atom is -0.384 e. The second-order valence-electron chi connectivity index (χ2n) is 5.84. The van der Waals surface area contributed by atoms with Crippen molar-refractivity contribution in [3.63, 3.8) is 0 Å². The van der Waals surface area contributed by atoms with Crippen LogP contribution in [-0.4, -0.2) is 23.9 Å². The minimum absolute atomic E-state index is 0.0974. The molecule has 3 rings (SSSR count). The van der Waals surface area contributed by atoms with Crippen molar-refractivity contribution in [3.05, 3.63) is 36.0 Å². The van der Waals surface area contributed by atoms with Crippen molar-refractivity contribution in [2.24, 2.45) is 11.7 Å². The minimum atomic E-state index is 0.0974. The number of amidine groups is 1. The predicted molar refractivity (Wildman–Crippen MR) is 88.0 cm³/mol. The number of benzene rings is 1. The topological polar surface area (TPSA) is 66.0 Å². The number of nitrogens with zero attached hydrogens (tertiary/aromatic N) is 2. The van der Waals surface area contributed by atoms with Crippen molar-refractivity contribution in [1.29, 1.82) is 5.41 Å². The summed E-state index contributed by atoms with van der Waals surface area (Å²) < 4.78 is 0. The Bertz CT molecular complexity index is 661. The van der Waals surface area contributed by atoms with Gasteiger partial charge in [-0.1, -0.05) is 25.1 Å². The van der Waals surface area contributed by atoms with Crippen LogP contribution in [-0.2, 0) is 0 Å². The lowest BCUT2D eigenvalue weighted by Gasteiger charge is -2.28. The molecule has 3 N–H and O–H groups in total. The first-order chi connectivity index (χ1) is 10.2. The monoisotopic (exact) mass is 282 g/mol. The van der Waals surface area contributed by atoms with E-state index < -0.39 is 0 Å². The van der Waals surface area contributed by atoms with Crippen molar-refractivity contribution in [1.82, 2.24) is 4.98 Å². The number of pyridine rings is 1. The summed E-state index contributed by atoms with van der Waals surface area (Å²) >= 11 is 0. The molecule has 0 saturated heterocycles. The lowest BCUT2D eigenvalue weighted by molar-refractivity contribution is 0.709. The SMILES string of the molecule is CCCN(CC1CC1)c1c(C(=N)N)cnc2ccccc12. The molecule has 0 atom stereocenters. The summed E-state index contributed by atoms with van der Waals surface area (Å²) in [5.74, 6) is 0.892. The van der Waals surface area contributed by atoms with Gasteiger partial charge < -0.3 is 10.6 Å². The second-order valence-corrected chi connectivity index (χ2v) is 5.84. The van der Waals surface area contributed by atoms with Gasteiger partial charge in [-0.05, 0) is 31.2 Å². The van der Waals surface area contributed by atoms with Crippen LogP contribution in [0, 0.1) is 11.3 Å². The molecule has 0 bridgehead atoms. The number of nitrogens with one attached hydrogen (secondary N) is 1. The number of nitrogen functional groups attached to an aromatic ring is 1. The number of anilines is 1. The van der Waals surface area contributed by atoms with E-state index in [4.69, 9.17) is 11.1 Å². The highest BCUT2D eigenvalue weighted by Crippen LogP contribution is 2.35. The van der Waals surface area contributed by atoms with Crippen molar-refractivity contribution in [2.45, 2.75) is 26.2 Å². The number of rotatable bonds is 6. The number of hydrogen-bond acceptors (Lipinski definition) is 3. The summed E-state index contributed by atoms with van der Waals surface area (Å²) in [5.41, 5.74) is 8.61. The van der Waals surface area contributed by atoms with Gasteiger partial charge in [-0.15, -0.1) is 0 Å². The van der Waals surface area contributed by atoms with E-state index in [1.54, 1.807) is 6.20 Å². The first-order valence-electron chi connectivity index (χ1n) is 7.67. The van der Waals surface area contributed by atoms with E-state index >= 15 is 0 Å². The highest BCUT2D eigenvalue weighted by Gasteiger charge is 2.26. The van der Waals surface area contributed by atoms with E-state index in [1.807, 2.05) is 18.2 Å². The van der Waals surface area contributed by atoms with Crippen molar-refractivity contribution in [2.75, 3.05) is 18.0 Å². The molecule has 0 unspecified atom stereocenters. The number of para-hydroxylation sites is 1. The Morgan fingerprint density at radius 1 is 1.38 bits per heavy atom. The maximum Gasteiger partial charge on any atom is 0.126 e. The molecule has 1 heterocycles. The Morgan fingerprint density at radius 2 is 2.14 bits per heavy atom. The molecule has 0 aliphatic heterocycles. The number of hydrogen-bond donors (Lipinski definition) is 2. The Hall–Kier alpha value is -2.10. The van der Waals surface area contributed by atoms with Gasteiger partial charge in [0, 0.05) is 24.7 Å². The Labute approximate surface area is 125 Å². The highest BCUT2D eigenvalue weighted by atomic mass is 15.1. The summed E-state index contributed by atoms with van der Waals surface area (Å²) in [4.78, 5) is 6.85. The molecular weight excluding hydrogens is 260 g/mol. The van der Waals surface area contributed by atoms with Gasteiger partial charge in [0.15, 0.2) is 0 Å². The average Bonchev–Trinajstić information content (AvgIpc) is 3.29. The van der Waals surface area contributed by atoms with Crippen LogP contribution in [0.5, 0.6) is 0 Å². The Balaban J connectivity index is 2.14. The second kappa shape index (κ2) is 5.72. The van der Waals surface area contributed by atoms with Crippen LogP contribution < -0.4 is 10.6 Å². The lowest BCUT2D eigenvalue weighted by Crippen LogP contribution is -2.29. The summed E-state index contributed by atoms with van der Waals surface area (Å²) in [6, 6.07) is 8.12. The predicted octanol–water partition coefficient (Wildman–Crippen LogP) is 3.15. The first-order valence-corrected chi connectivity index (χ1v) is 7.67. The molecule has 0 amide bonds. The fourth-order valence-corrected chi connectivity index (χ4v) is 2.84. The van der Waals surface area contributed by atoms with E-state index in [2.05, 4.69) is 22.9 Å². The smallest absolute Gasteiger partial charge is 0.126 e. The molecule has 1 aliphatic rings. The van der Waals surface area contributed by atoms with E-state index in [-0.39, 0.29) is 5.84 Å². The zero-order chi connectivity index (χ0) is 14.8. The quantitative estimate of drug-likeness (QED) is 0.632. The van der Waals surface area contributed by atoms with E-state index in [1.165, 1.54) is 12.8 Å². The van der Waals surface area contributed by atoms with Crippen LogP contribution >= 0.6 is 0 Å². The van der Waals surface area contributed by atoms with Gasteiger partial charge in [0.2, 0.25) is 0 Å². The van der Waals surface area contributed by atoms with E-state index in [0.717, 1.165) is 47.6 Å². The first kappa shape index (κ1) is 13.9. The summed E-state index contributed by atoms with van der Waals surface area (Å²) in [6.45, 7) is 4.24. The van der Waals surface area contributed by atoms with Gasteiger partial charge in [0.05, 0.1) is 16.8 Å². The molecule has 21 heavy (non-hydrogen) atoms. The highest BCUT2D eigenvalue weighted by molar-refractivity contribution is 6.07. The van der Waals surface area contributed by atoms with Gasteiger partial charge in [0.1, 0.15) is 5.84 Å². The maximum atomic E-state index is 7.89. The van der Waals surface area contributed by atoms with Crippen molar-refractivity contribution >= 4 is 22.4 Å². The van der Waals surface area contributed by atoms with Crippen LogP contribution in [0.2, 0.25) is 0 Å². The van der Waals surface area contributed by atoms with Gasteiger partial charge in [0.25, 0.3) is 0 Å².